The quantitative estimate of drug-likeness (QED) is 0.642. The molecule has 1 saturated heterocycles. The largest absolute Gasteiger partial charge is 0.378 e. The van der Waals surface area contributed by atoms with E-state index in [0.717, 1.165) is 12.5 Å². The summed E-state index contributed by atoms with van der Waals surface area (Å²) < 4.78 is 5.93. The Labute approximate surface area is 101 Å². The zero-order chi connectivity index (χ0) is 11.6. The van der Waals surface area contributed by atoms with E-state index in [9.17, 15) is 0 Å². The molecular weight excluding hydrogens is 198 g/mol. The van der Waals surface area contributed by atoms with Gasteiger partial charge in [0.15, 0.2) is 0 Å². The minimum absolute atomic E-state index is 0.465. The van der Waals surface area contributed by atoms with E-state index >= 15 is 0 Å². The van der Waals surface area contributed by atoms with Crippen molar-refractivity contribution in [3.05, 3.63) is 0 Å². The summed E-state index contributed by atoms with van der Waals surface area (Å²) in [7, 11) is 0. The van der Waals surface area contributed by atoms with Crippen molar-refractivity contribution in [1.29, 1.82) is 0 Å². The van der Waals surface area contributed by atoms with Crippen LogP contribution in [0.4, 0.5) is 0 Å². The fourth-order valence-electron chi connectivity index (χ4n) is 2.29. The molecule has 2 nitrogen and oxygen atoms in total. The molecule has 1 heterocycles. The van der Waals surface area contributed by atoms with Crippen LogP contribution in [0.5, 0.6) is 0 Å². The molecule has 0 aromatic rings. The first-order valence-corrected chi connectivity index (χ1v) is 7.15. The first-order valence-electron chi connectivity index (χ1n) is 7.15. The molecule has 0 bridgehead atoms. The molecule has 1 aliphatic rings. The Hall–Kier alpha value is -0.0800. The van der Waals surface area contributed by atoms with Gasteiger partial charge >= 0.3 is 0 Å². The molecule has 1 N–H and O–H groups in total. The molecule has 16 heavy (non-hydrogen) atoms. The lowest BCUT2D eigenvalue weighted by Crippen LogP contribution is -2.30. The normalized spacial score (nSPS) is 19.9. The van der Waals surface area contributed by atoms with Crippen LogP contribution in [0.3, 0.4) is 0 Å². The van der Waals surface area contributed by atoms with E-state index in [4.69, 9.17) is 4.74 Å². The highest BCUT2D eigenvalue weighted by molar-refractivity contribution is 4.68. The summed E-state index contributed by atoms with van der Waals surface area (Å²) in [6.45, 7) is 7.83. The van der Waals surface area contributed by atoms with Crippen LogP contribution in [-0.2, 0) is 4.74 Å². The maximum atomic E-state index is 5.93. The number of hydrogen-bond acceptors (Lipinski definition) is 2. The van der Waals surface area contributed by atoms with Crippen molar-refractivity contribution < 1.29 is 4.74 Å². The second-order valence-electron chi connectivity index (χ2n) is 5.19. The number of rotatable bonds is 8. The molecule has 0 spiro atoms. The molecule has 1 atom stereocenters. The van der Waals surface area contributed by atoms with Gasteiger partial charge in [0.05, 0.1) is 6.10 Å². The predicted molar refractivity (Wildman–Crippen MR) is 69.8 cm³/mol. The van der Waals surface area contributed by atoms with Crippen LogP contribution in [0.15, 0.2) is 0 Å². The Morgan fingerprint density at radius 3 is 2.62 bits per heavy atom. The van der Waals surface area contributed by atoms with Gasteiger partial charge in [-0.1, -0.05) is 32.6 Å². The van der Waals surface area contributed by atoms with Crippen LogP contribution in [0.25, 0.3) is 0 Å². The molecule has 0 aromatic heterocycles. The Morgan fingerprint density at radius 2 is 1.94 bits per heavy atom. The number of piperidine rings is 1. The highest BCUT2D eigenvalue weighted by atomic mass is 16.5. The van der Waals surface area contributed by atoms with Crippen LogP contribution < -0.4 is 5.32 Å². The third-order valence-electron chi connectivity index (χ3n) is 3.54. The molecule has 96 valence electrons. The van der Waals surface area contributed by atoms with E-state index in [1.54, 1.807) is 0 Å². The van der Waals surface area contributed by atoms with Gasteiger partial charge in [-0.3, -0.25) is 0 Å². The van der Waals surface area contributed by atoms with E-state index < -0.39 is 0 Å². The van der Waals surface area contributed by atoms with Gasteiger partial charge in [0.25, 0.3) is 0 Å². The second-order valence-corrected chi connectivity index (χ2v) is 5.19. The molecule has 1 fully saturated rings. The minimum atomic E-state index is 0.465. The third kappa shape index (κ3) is 6.49. The summed E-state index contributed by atoms with van der Waals surface area (Å²) in [5.41, 5.74) is 0. The highest BCUT2D eigenvalue weighted by Crippen LogP contribution is 2.14. The molecule has 0 amide bonds. The minimum Gasteiger partial charge on any atom is -0.378 e. The SMILES string of the molecule is CCCCCCC(C)OCC1CCNCC1. The molecule has 0 radical (unpaired) electrons. The first-order chi connectivity index (χ1) is 7.83. The van der Waals surface area contributed by atoms with Crippen molar-refractivity contribution in [2.45, 2.75) is 64.9 Å². The van der Waals surface area contributed by atoms with Crippen molar-refractivity contribution in [2.24, 2.45) is 5.92 Å². The van der Waals surface area contributed by atoms with E-state index in [2.05, 4.69) is 19.2 Å². The van der Waals surface area contributed by atoms with Crippen molar-refractivity contribution in [3.8, 4) is 0 Å². The van der Waals surface area contributed by atoms with Gasteiger partial charge < -0.3 is 10.1 Å². The summed E-state index contributed by atoms with van der Waals surface area (Å²) in [5, 5.41) is 3.40. The number of nitrogens with one attached hydrogen (secondary N) is 1. The smallest absolute Gasteiger partial charge is 0.0547 e. The number of ether oxygens (including phenoxy) is 1. The van der Waals surface area contributed by atoms with Crippen molar-refractivity contribution >= 4 is 0 Å². The average molecular weight is 227 g/mol. The maximum absolute atomic E-state index is 5.93. The van der Waals surface area contributed by atoms with Crippen molar-refractivity contribution in [3.63, 3.8) is 0 Å². The topological polar surface area (TPSA) is 21.3 Å². The average Bonchev–Trinajstić information content (AvgIpc) is 2.33. The lowest BCUT2D eigenvalue weighted by atomic mass is 9.99. The summed E-state index contributed by atoms with van der Waals surface area (Å²) in [6.07, 6.45) is 9.70. The number of unbranched alkanes of at least 4 members (excludes halogenated alkanes) is 3. The van der Waals surface area contributed by atoms with Gasteiger partial charge in [0.2, 0.25) is 0 Å². The standard InChI is InChI=1S/C14H29NO/c1-3-4-5-6-7-13(2)16-12-14-8-10-15-11-9-14/h13-15H,3-12H2,1-2H3. The Morgan fingerprint density at radius 1 is 1.19 bits per heavy atom. The van der Waals surface area contributed by atoms with E-state index in [1.807, 2.05) is 0 Å². The van der Waals surface area contributed by atoms with Crippen LogP contribution in [-0.4, -0.2) is 25.8 Å². The number of hydrogen-bond donors (Lipinski definition) is 1. The lowest BCUT2D eigenvalue weighted by molar-refractivity contribution is 0.0270. The van der Waals surface area contributed by atoms with Gasteiger partial charge in [0.1, 0.15) is 0 Å². The van der Waals surface area contributed by atoms with Crippen LogP contribution in [0, 0.1) is 5.92 Å². The van der Waals surface area contributed by atoms with E-state index in [1.165, 1.54) is 58.0 Å². The first kappa shape index (κ1) is 14.0. The van der Waals surface area contributed by atoms with E-state index in [0.29, 0.717) is 6.10 Å². The third-order valence-corrected chi connectivity index (χ3v) is 3.54. The summed E-state index contributed by atoms with van der Waals surface area (Å²) in [6, 6.07) is 0. The molecule has 1 unspecified atom stereocenters. The summed E-state index contributed by atoms with van der Waals surface area (Å²) >= 11 is 0. The molecule has 2 heteroatoms. The van der Waals surface area contributed by atoms with Gasteiger partial charge in [0, 0.05) is 6.61 Å². The molecule has 0 saturated carbocycles. The van der Waals surface area contributed by atoms with Gasteiger partial charge in [-0.05, 0) is 45.2 Å². The molecule has 1 aliphatic heterocycles. The summed E-state index contributed by atoms with van der Waals surface area (Å²) in [5.74, 6) is 0.805. The molecule has 1 rings (SSSR count). The van der Waals surface area contributed by atoms with Crippen molar-refractivity contribution in [2.75, 3.05) is 19.7 Å². The highest BCUT2D eigenvalue weighted by Gasteiger charge is 2.14. The molecular formula is C14H29NO. The van der Waals surface area contributed by atoms with E-state index in [-0.39, 0.29) is 0 Å². The predicted octanol–water partition coefficient (Wildman–Crippen LogP) is 3.36. The Kier molecular flexibility index (Phi) is 7.87. The van der Waals surface area contributed by atoms with Crippen molar-refractivity contribution in [1.82, 2.24) is 5.32 Å². The Bertz CT molecular complexity index is 155. The lowest BCUT2D eigenvalue weighted by Gasteiger charge is -2.24. The zero-order valence-corrected chi connectivity index (χ0v) is 11.1. The molecule has 0 aliphatic carbocycles. The van der Waals surface area contributed by atoms with Crippen LogP contribution in [0.1, 0.15) is 58.8 Å². The second kappa shape index (κ2) is 9.00. The van der Waals surface area contributed by atoms with Crippen LogP contribution >= 0.6 is 0 Å². The van der Waals surface area contributed by atoms with Crippen LogP contribution in [0.2, 0.25) is 0 Å². The van der Waals surface area contributed by atoms with Gasteiger partial charge in [-0.15, -0.1) is 0 Å². The van der Waals surface area contributed by atoms with Gasteiger partial charge in [-0.25, -0.2) is 0 Å². The summed E-state index contributed by atoms with van der Waals surface area (Å²) in [4.78, 5) is 0. The Balaban J connectivity index is 1.94. The fourth-order valence-corrected chi connectivity index (χ4v) is 2.29. The zero-order valence-electron chi connectivity index (χ0n) is 11.1. The monoisotopic (exact) mass is 227 g/mol. The van der Waals surface area contributed by atoms with Gasteiger partial charge in [-0.2, -0.15) is 0 Å². The maximum Gasteiger partial charge on any atom is 0.0547 e. The fraction of sp³-hybridized carbons (Fsp3) is 1.00. The molecule has 0 aromatic carbocycles.